The first-order chi connectivity index (χ1) is 13.7. The van der Waals surface area contributed by atoms with Crippen molar-refractivity contribution in [1.82, 2.24) is 0 Å². The molecule has 0 aliphatic rings. The van der Waals surface area contributed by atoms with Crippen LogP contribution in [0.2, 0.25) is 0 Å². The van der Waals surface area contributed by atoms with Crippen molar-refractivity contribution in [3.63, 3.8) is 0 Å². The van der Waals surface area contributed by atoms with E-state index in [1.807, 2.05) is 0 Å². The van der Waals surface area contributed by atoms with Crippen LogP contribution in [-0.2, 0) is 0 Å². The molecule has 2 heteroatoms. The predicted molar refractivity (Wildman–Crippen MR) is 122 cm³/mol. The Morgan fingerprint density at radius 2 is 1.32 bits per heavy atom. The smallest absolute Gasteiger partial charge is 0.137 e. The molecule has 0 aliphatic carbocycles. The Hall–Kier alpha value is -2.58. The lowest BCUT2D eigenvalue weighted by Crippen LogP contribution is -2.49. The second-order valence-electron chi connectivity index (χ2n) is 7.37. The van der Waals surface area contributed by atoms with E-state index in [1.54, 1.807) is 0 Å². The second-order valence-corrected chi connectivity index (χ2v) is 7.37. The van der Waals surface area contributed by atoms with Crippen LogP contribution in [0.4, 0.5) is 0 Å². The van der Waals surface area contributed by atoms with Crippen LogP contribution >= 0.6 is 0 Å². The molecule has 0 bridgehead atoms. The Morgan fingerprint density at radius 3 is 2.00 bits per heavy atom. The molecule has 0 aliphatic heterocycles. The Balaban J connectivity index is 1.58. The number of hydrogen-bond acceptors (Lipinski definition) is 1. The van der Waals surface area contributed by atoms with Crippen molar-refractivity contribution in [3.05, 3.63) is 77.9 Å². The summed E-state index contributed by atoms with van der Waals surface area (Å²) in [6.07, 6.45) is 4.32. The van der Waals surface area contributed by atoms with Gasteiger partial charge in [0.15, 0.2) is 0 Å². The summed E-state index contributed by atoms with van der Waals surface area (Å²) in [5.74, 6) is 0.948. The molecule has 0 aromatic heterocycles. The van der Waals surface area contributed by atoms with E-state index in [0.717, 1.165) is 43.0 Å². The zero-order valence-corrected chi connectivity index (χ0v) is 17.4. The molecule has 0 unspecified atom stereocenters. The van der Waals surface area contributed by atoms with Gasteiger partial charge in [0, 0.05) is 0 Å². The molecule has 0 saturated heterocycles. The van der Waals surface area contributed by atoms with Gasteiger partial charge in [0.1, 0.15) is 18.9 Å². The number of quaternary nitrogens is 1. The van der Waals surface area contributed by atoms with Crippen LogP contribution in [0, 0.1) is 0 Å². The number of fused-ring (bicyclic) bond motifs is 1. The fourth-order valence-corrected chi connectivity index (χ4v) is 3.68. The number of rotatable bonds is 9. The number of ether oxygens (including phenoxy) is 1. The SMILES string of the molecule is CC[N+](CC)(CC)CCOc1ccc(C=Cc2ccc3ccccc3c2)cc1. The van der Waals surface area contributed by atoms with E-state index >= 15 is 0 Å². The summed E-state index contributed by atoms with van der Waals surface area (Å²) in [4.78, 5) is 0. The normalized spacial score (nSPS) is 12.0. The summed E-state index contributed by atoms with van der Waals surface area (Å²) >= 11 is 0. The Bertz CT molecular complexity index is 899. The Morgan fingerprint density at radius 1 is 0.714 bits per heavy atom. The first kappa shape index (κ1) is 20.2. The predicted octanol–water partition coefficient (Wildman–Crippen LogP) is 6.27. The van der Waals surface area contributed by atoms with Crippen LogP contribution < -0.4 is 4.74 Å². The highest BCUT2D eigenvalue weighted by molar-refractivity contribution is 5.85. The van der Waals surface area contributed by atoms with E-state index in [4.69, 9.17) is 4.74 Å². The quantitative estimate of drug-likeness (QED) is 0.317. The van der Waals surface area contributed by atoms with Crippen molar-refractivity contribution in [3.8, 4) is 5.75 Å². The maximum atomic E-state index is 5.99. The monoisotopic (exact) mass is 374 g/mol. The maximum Gasteiger partial charge on any atom is 0.137 e. The molecular formula is C26H32NO+. The van der Waals surface area contributed by atoms with Gasteiger partial charge < -0.3 is 9.22 Å². The van der Waals surface area contributed by atoms with E-state index in [0.29, 0.717) is 0 Å². The summed E-state index contributed by atoms with van der Waals surface area (Å²) in [7, 11) is 0. The third kappa shape index (κ3) is 5.02. The van der Waals surface area contributed by atoms with Gasteiger partial charge in [0.25, 0.3) is 0 Å². The van der Waals surface area contributed by atoms with Crippen molar-refractivity contribution >= 4 is 22.9 Å². The van der Waals surface area contributed by atoms with Crippen molar-refractivity contribution in [2.45, 2.75) is 20.8 Å². The average molecular weight is 375 g/mol. The van der Waals surface area contributed by atoms with Crippen molar-refractivity contribution < 1.29 is 9.22 Å². The number of benzene rings is 3. The topological polar surface area (TPSA) is 9.23 Å². The zero-order chi connectivity index (χ0) is 19.8. The Labute approximate surface area is 169 Å². The first-order valence-electron chi connectivity index (χ1n) is 10.4. The molecule has 2 nitrogen and oxygen atoms in total. The molecule has 0 spiro atoms. The minimum absolute atomic E-state index is 0.766. The third-order valence-corrected chi connectivity index (χ3v) is 5.97. The highest BCUT2D eigenvalue weighted by Gasteiger charge is 2.20. The van der Waals surface area contributed by atoms with Crippen LogP contribution in [0.25, 0.3) is 22.9 Å². The molecule has 3 aromatic rings. The lowest BCUT2D eigenvalue weighted by Gasteiger charge is -2.35. The van der Waals surface area contributed by atoms with Gasteiger partial charge in [-0.25, -0.2) is 0 Å². The summed E-state index contributed by atoms with van der Waals surface area (Å²) < 4.78 is 7.11. The van der Waals surface area contributed by atoms with Crippen LogP contribution in [0.1, 0.15) is 31.9 Å². The minimum atomic E-state index is 0.766. The highest BCUT2D eigenvalue weighted by Crippen LogP contribution is 2.19. The summed E-state index contributed by atoms with van der Waals surface area (Å²) in [6, 6.07) is 23.4. The lowest BCUT2D eigenvalue weighted by atomic mass is 10.1. The van der Waals surface area contributed by atoms with E-state index in [1.165, 1.54) is 21.9 Å². The molecule has 0 fully saturated rings. The van der Waals surface area contributed by atoms with Crippen molar-refractivity contribution in [2.75, 3.05) is 32.8 Å². The van der Waals surface area contributed by atoms with Crippen molar-refractivity contribution in [2.24, 2.45) is 0 Å². The van der Waals surface area contributed by atoms with Gasteiger partial charge >= 0.3 is 0 Å². The second kappa shape index (κ2) is 9.57. The van der Waals surface area contributed by atoms with Gasteiger partial charge in [-0.2, -0.15) is 0 Å². The molecule has 146 valence electrons. The summed E-state index contributed by atoms with van der Waals surface area (Å²) in [5.41, 5.74) is 2.40. The number of hydrogen-bond donors (Lipinski definition) is 0. The largest absolute Gasteiger partial charge is 0.488 e. The molecule has 0 radical (unpaired) electrons. The lowest BCUT2D eigenvalue weighted by molar-refractivity contribution is -0.923. The molecule has 0 amide bonds. The average Bonchev–Trinajstić information content (AvgIpc) is 2.76. The van der Waals surface area contributed by atoms with E-state index < -0.39 is 0 Å². The van der Waals surface area contributed by atoms with E-state index in [9.17, 15) is 0 Å². The highest BCUT2D eigenvalue weighted by atomic mass is 16.5. The third-order valence-electron chi connectivity index (χ3n) is 5.97. The van der Waals surface area contributed by atoms with Crippen LogP contribution in [0.15, 0.2) is 66.7 Å². The molecule has 0 atom stereocenters. The van der Waals surface area contributed by atoms with Crippen LogP contribution in [0.3, 0.4) is 0 Å². The molecule has 3 aromatic carbocycles. The van der Waals surface area contributed by atoms with Crippen LogP contribution in [0.5, 0.6) is 5.75 Å². The van der Waals surface area contributed by atoms with Crippen molar-refractivity contribution in [1.29, 1.82) is 0 Å². The van der Waals surface area contributed by atoms with Gasteiger partial charge in [0.2, 0.25) is 0 Å². The molecule has 0 saturated carbocycles. The molecule has 28 heavy (non-hydrogen) atoms. The standard InChI is InChI=1S/C26H32NO/c1-4-27(5-2,6-3)19-20-28-26-17-14-22(15-18-26)11-12-23-13-16-24-9-7-8-10-25(24)21-23/h7-18,21H,4-6,19-20H2,1-3H3/q+1. The van der Waals surface area contributed by atoms with Gasteiger partial charge in [-0.1, -0.05) is 60.7 Å². The molecule has 0 N–H and O–H groups in total. The van der Waals surface area contributed by atoms with Gasteiger partial charge in [0.05, 0.1) is 19.6 Å². The first-order valence-corrected chi connectivity index (χ1v) is 10.4. The maximum absolute atomic E-state index is 5.99. The summed E-state index contributed by atoms with van der Waals surface area (Å²) in [6.45, 7) is 12.1. The van der Waals surface area contributed by atoms with E-state index in [2.05, 4.69) is 99.7 Å². The van der Waals surface area contributed by atoms with E-state index in [-0.39, 0.29) is 0 Å². The zero-order valence-electron chi connectivity index (χ0n) is 17.4. The molecule has 3 rings (SSSR count). The fourth-order valence-electron chi connectivity index (χ4n) is 3.68. The Kier molecular flexibility index (Phi) is 6.89. The van der Waals surface area contributed by atoms with Gasteiger partial charge in [-0.3, -0.25) is 0 Å². The minimum Gasteiger partial charge on any atom is -0.488 e. The van der Waals surface area contributed by atoms with Gasteiger partial charge in [-0.15, -0.1) is 0 Å². The summed E-state index contributed by atoms with van der Waals surface area (Å²) in [5, 5.41) is 2.55. The van der Waals surface area contributed by atoms with Gasteiger partial charge in [-0.05, 0) is 60.9 Å². The number of nitrogens with zero attached hydrogens (tertiary/aromatic N) is 1. The molecule has 0 heterocycles. The fraction of sp³-hybridized carbons (Fsp3) is 0.308. The van der Waals surface area contributed by atoms with Crippen LogP contribution in [-0.4, -0.2) is 37.3 Å². The molecular weight excluding hydrogens is 342 g/mol. The number of likely N-dealkylation sites (N-methyl/N-ethyl adjacent to an activating group) is 1.